The predicted octanol–water partition coefficient (Wildman–Crippen LogP) is 3.93. The normalized spacial score (nSPS) is 11.3. The topological polar surface area (TPSA) is 75.3 Å². The molecule has 140 valence electrons. The Kier molecular flexibility index (Phi) is 5.69. The maximum atomic E-state index is 13.6. The van der Waals surface area contributed by atoms with E-state index in [1.54, 1.807) is 19.1 Å². The second-order valence-corrected chi connectivity index (χ2v) is 8.65. The molecule has 0 fully saturated rings. The van der Waals surface area contributed by atoms with Crippen molar-refractivity contribution >= 4 is 33.0 Å². The van der Waals surface area contributed by atoms with Crippen LogP contribution in [0.3, 0.4) is 0 Å². The van der Waals surface area contributed by atoms with Crippen LogP contribution >= 0.6 is 11.3 Å². The van der Waals surface area contributed by atoms with Crippen molar-refractivity contribution in [2.24, 2.45) is 0 Å². The van der Waals surface area contributed by atoms with Crippen molar-refractivity contribution in [2.75, 3.05) is 5.32 Å². The first kappa shape index (κ1) is 19.2. The van der Waals surface area contributed by atoms with Gasteiger partial charge in [-0.15, -0.1) is 11.3 Å². The second kappa shape index (κ2) is 7.99. The summed E-state index contributed by atoms with van der Waals surface area (Å²) in [4.78, 5) is 13.3. The molecule has 27 heavy (non-hydrogen) atoms. The number of carbonyl (C=O) groups is 1. The molecule has 3 aromatic rings. The average Bonchev–Trinajstić information content (AvgIpc) is 3.17. The molecule has 1 aromatic heterocycles. The van der Waals surface area contributed by atoms with Gasteiger partial charge >= 0.3 is 0 Å². The third-order valence-electron chi connectivity index (χ3n) is 3.85. The number of sulfonamides is 1. The van der Waals surface area contributed by atoms with E-state index in [4.69, 9.17) is 0 Å². The zero-order chi connectivity index (χ0) is 19.4. The Hall–Kier alpha value is -2.55. The molecule has 0 spiro atoms. The molecule has 0 saturated heterocycles. The van der Waals surface area contributed by atoms with Crippen molar-refractivity contribution in [3.63, 3.8) is 0 Å². The molecule has 2 N–H and O–H groups in total. The van der Waals surface area contributed by atoms with Gasteiger partial charge in [0, 0.05) is 22.7 Å². The van der Waals surface area contributed by atoms with Crippen LogP contribution in [0.25, 0.3) is 0 Å². The number of rotatable bonds is 6. The van der Waals surface area contributed by atoms with Crippen molar-refractivity contribution in [3.8, 4) is 0 Å². The lowest BCUT2D eigenvalue weighted by atomic mass is 10.2. The van der Waals surface area contributed by atoms with Gasteiger partial charge in [0.25, 0.3) is 5.91 Å². The Morgan fingerprint density at radius 1 is 1.11 bits per heavy atom. The van der Waals surface area contributed by atoms with Crippen LogP contribution in [0.4, 0.5) is 10.1 Å². The molecular formula is C19H17FN2O3S2. The summed E-state index contributed by atoms with van der Waals surface area (Å²) in [6, 6.07) is 13.7. The van der Waals surface area contributed by atoms with Crippen LogP contribution in [0.15, 0.2) is 64.9 Å². The maximum absolute atomic E-state index is 13.6. The molecule has 0 radical (unpaired) electrons. The molecule has 0 aliphatic carbocycles. The zero-order valence-corrected chi connectivity index (χ0v) is 16.0. The minimum absolute atomic E-state index is 0.0122. The number of carbonyl (C=O) groups excluding carboxylic acids is 1. The standard InChI is InChI=1S/C19H17FN2O3S2/c1-13-7-8-15(11-18(13)20)22-19(23)14-4-2-6-17(10-14)27(24,25)21-12-16-5-3-9-26-16/h2-11,21H,12H2,1H3,(H,22,23). The summed E-state index contributed by atoms with van der Waals surface area (Å²) >= 11 is 1.45. The van der Waals surface area contributed by atoms with Crippen molar-refractivity contribution in [2.45, 2.75) is 18.4 Å². The number of amides is 1. The highest BCUT2D eigenvalue weighted by molar-refractivity contribution is 7.89. The van der Waals surface area contributed by atoms with Crippen molar-refractivity contribution in [1.29, 1.82) is 0 Å². The summed E-state index contributed by atoms with van der Waals surface area (Å²) in [5, 5.41) is 4.43. The van der Waals surface area contributed by atoms with E-state index in [1.165, 1.54) is 41.7 Å². The van der Waals surface area contributed by atoms with E-state index in [1.807, 2.05) is 17.5 Å². The SMILES string of the molecule is Cc1ccc(NC(=O)c2cccc(S(=O)(=O)NCc3cccs3)c2)cc1F. The molecule has 0 atom stereocenters. The Balaban J connectivity index is 1.75. The summed E-state index contributed by atoms with van der Waals surface area (Å²) in [5.41, 5.74) is 0.931. The van der Waals surface area contributed by atoms with Gasteiger partial charge < -0.3 is 5.32 Å². The van der Waals surface area contributed by atoms with Gasteiger partial charge in [-0.1, -0.05) is 18.2 Å². The fraction of sp³-hybridized carbons (Fsp3) is 0.105. The number of nitrogens with one attached hydrogen (secondary N) is 2. The molecule has 0 aliphatic heterocycles. The number of halogens is 1. The third kappa shape index (κ3) is 4.79. The summed E-state index contributed by atoms with van der Waals surface area (Å²) in [6.45, 7) is 1.80. The van der Waals surface area contributed by atoms with Gasteiger partial charge in [0.2, 0.25) is 10.0 Å². The summed E-state index contributed by atoms with van der Waals surface area (Å²) in [5.74, 6) is -0.949. The molecule has 0 saturated carbocycles. The summed E-state index contributed by atoms with van der Waals surface area (Å²) in [6.07, 6.45) is 0. The molecule has 0 aliphatic rings. The fourth-order valence-electron chi connectivity index (χ4n) is 2.34. The number of hydrogen-bond acceptors (Lipinski definition) is 4. The van der Waals surface area contributed by atoms with Crippen molar-refractivity contribution in [1.82, 2.24) is 4.72 Å². The van der Waals surface area contributed by atoms with E-state index in [9.17, 15) is 17.6 Å². The number of hydrogen-bond donors (Lipinski definition) is 2. The van der Waals surface area contributed by atoms with Gasteiger partial charge in [-0.3, -0.25) is 4.79 Å². The number of anilines is 1. The Bertz CT molecular complexity index is 1060. The highest BCUT2D eigenvalue weighted by Gasteiger charge is 2.16. The van der Waals surface area contributed by atoms with Crippen LogP contribution in [0, 0.1) is 12.7 Å². The van der Waals surface area contributed by atoms with Gasteiger partial charge in [-0.25, -0.2) is 17.5 Å². The third-order valence-corrected chi connectivity index (χ3v) is 6.13. The van der Waals surface area contributed by atoms with E-state index >= 15 is 0 Å². The van der Waals surface area contributed by atoms with Gasteiger partial charge in [0.1, 0.15) is 5.82 Å². The Labute approximate surface area is 160 Å². The molecule has 5 nitrogen and oxygen atoms in total. The highest BCUT2D eigenvalue weighted by Crippen LogP contribution is 2.17. The Morgan fingerprint density at radius 2 is 1.93 bits per heavy atom. The summed E-state index contributed by atoms with van der Waals surface area (Å²) in [7, 11) is -3.76. The van der Waals surface area contributed by atoms with E-state index in [2.05, 4.69) is 10.0 Å². The van der Waals surface area contributed by atoms with Crippen LogP contribution in [-0.2, 0) is 16.6 Å². The van der Waals surface area contributed by atoms with E-state index in [-0.39, 0.29) is 17.0 Å². The van der Waals surface area contributed by atoms with Gasteiger partial charge in [-0.2, -0.15) is 0 Å². The molecule has 3 rings (SSSR count). The van der Waals surface area contributed by atoms with E-state index < -0.39 is 21.7 Å². The molecule has 2 aromatic carbocycles. The molecule has 0 unspecified atom stereocenters. The maximum Gasteiger partial charge on any atom is 0.255 e. The van der Waals surface area contributed by atoms with Gasteiger partial charge in [-0.05, 0) is 54.3 Å². The minimum Gasteiger partial charge on any atom is -0.322 e. The molecule has 0 bridgehead atoms. The summed E-state index contributed by atoms with van der Waals surface area (Å²) < 4.78 is 41.0. The largest absolute Gasteiger partial charge is 0.322 e. The van der Waals surface area contributed by atoms with Gasteiger partial charge in [0.05, 0.1) is 4.90 Å². The van der Waals surface area contributed by atoms with Gasteiger partial charge in [0.15, 0.2) is 0 Å². The first-order valence-corrected chi connectivity index (χ1v) is 10.4. The van der Waals surface area contributed by atoms with Crippen molar-refractivity contribution in [3.05, 3.63) is 81.8 Å². The quantitative estimate of drug-likeness (QED) is 0.654. The molecular weight excluding hydrogens is 387 g/mol. The highest BCUT2D eigenvalue weighted by atomic mass is 32.2. The minimum atomic E-state index is -3.76. The predicted molar refractivity (Wildman–Crippen MR) is 104 cm³/mol. The van der Waals surface area contributed by atoms with E-state index in [0.29, 0.717) is 11.3 Å². The lowest BCUT2D eigenvalue weighted by molar-refractivity contribution is 0.102. The molecule has 1 heterocycles. The first-order chi connectivity index (χ1) is 12.8. The smallest absolute Gasteiger partial charge is 0.255 e. The van der Waals surface area contributed by atoms with E-state index in [0.717, 1.165) is 4.88 Å². The monoisotopic (exact) mass is 404 g/mol. The fourth-order valence-corrected chi connectivity index (χ4v) is 4.13. The first-order valence-electron chi connectivity index (χ1n) is 8.05. The van der Waals surface area contributed by atoms with Crippen LogP contribution in [-0.4, -0.2) is 14.3 Å². The molecule has 1 amide bonds. The van der Waals surface area contributed by atoms with Crippen LogP contribution in [0.5, 0.6) is 0 Å². The van der Waals surface area contributed by atoms with Crippen LogP contribution in [0.1, 0.15) is 20.8 Å². The van der Waals surface area contributed by atoms with Crippen LogP contribution < -0.4 is 10.0 Å². The second-order valence-electron chi connectivity index (χ2n) is 5.85. The Morgan fingerprint density at radius 3 is 2.63 bits per heavy atom. The molecule has 8 heteroatoms. The number of benzene rings is 2. The average molecular weight is 404 g/mol. The number of thiophene rings is 1. The number of aryl methyl sites for hydroxylation is 1. The van der Waals surface area contributed by atoms with Crippen LogP contribution in [0.2, 0.25) is 0 Å². The lowest BCUT2D eigenvalue weighted by Crippen LogP contribution is -2.23. The lowest BCUT2D eigenvalue weighted by Gasteiger charge is -2.09. The van der Waals surface area contributed by atoms with Crippen molar-refractivity contribution < 1.29 is 17.6 Å². The zero-order valence-electron chi connectivity index (χ0n) is 14.4.